The Morgan fingerprint density at radius 1 is 1.11 bits per heavy atom. The number of benzene rings is 1. The summed E-state index contributed by atoms with van der Waals surface area (Å²) in [7, 11) is 0. The van der Waals surface area contributed by atoms with Crippen LogP contribution in [0.4, 0.5) is 10.5 Å². The summed E-state index contributed by atoms with van der Waals surface area (Å²) in [5.41, 5.74) is 4.81. The minimum absolute atomic E-state index is 0.104. The lowest BCUT2D eigenvalue weighted by Gasteiger charge is -2.18. The molecule has 0 saturated carbocycles. The predicted molar refractivity (Wildman–Crippen MR) is 103 cm³/mol. The van der Waals surface area contributed by atoms with Gasteiger partial charge in [0.1, 0.15) is 6.54 Å². The number of carbonyl (C=O) groups is 2. The van der Waals surface area contributed by atoms with Gasteiger partial charge in [-0.05, 0) is 25.8 Å². The smallest absolute Gasteiger partial charge is 0.314 e. The van der Waals surface area contributed by atoms with Crippen LogP contribution >= 0.6 is 0 Å². The molecule has 0 radical (unpaired) electrons. The molecule has 138 valence electrons. The van der Waals surface area contributed by atoms with E-state index in [1.54, 1.807) is 22.0 Å². The standard InChI is InChI=1S/C20H21N5O2/c1-14-18(15(2)22-14)12-24-11-17(10-21-24)25-19(26)13-23(20(25)27)9-8-16-6-4-3-5-7-16/h3-7,10-11H,8-9,12-13H2,1-2H3. The van der Waals surface area contributed by atoms with Crippen LogP contribution in [0.15, 0.2) is 59.0 Å². The zero-order valence-electron chi connectivity index (χ0n) is 15.4. The summed E-state index contributed by atoms with van der Waals surface area (Å²) in [6, 6.07) is 9.66. The second kappa shape index (κ2) is 6.83. The molecule has 2 aliphatic rings. The number of urea groups is 1. The maximum absolute atomic E-state index is 12.7. The fraction of sp³-hybridized carbons (Fsp3) is 0.300. The molecule has 0 N–H and O–H groups in total. The lowest BCUT2D eigenvalue weighted by atomic mass is 10.1. The summed E-state index contributed by atoms with van der Waals surface area (Å²) in [6.45, 7) is 5.14. The Balaban J connectivity index is 1.42. The number of carbonyl (C=O) groups excluding carboxylic acids is 2. The molecule has 3 heterocycles. The van der Waals surface area contributed by atoms with Crippen molar-refractivity contribution in [3.05, 3.63) is 59.6 Å². The number of amides is 3. The average Bonchev–Trinajstić information content (AvgIpc) is 3.23. The highest BCUT2D eigenvalue weighted by Gasteiger charge is 2.37. The van der Waals surface area contributed by atoms with Gasteiger partial charge in [0.2, 0.25) is 0 Å². The lowest BCUT2D eigenvalue weighted by Crippen LogP contribution is -2.33. The van der Waals surface area contributed by atoms with Crippen LogP contribution in [0.1, 0.15) is 19.4 Å². The average molecular weight is 363 g/mol. The molecule has 1 aromatic heterocycles. The molecule has 7 heteroatoms. The number of anilines is 1. The Hall–Kier alpha value is -3.22. The van der Waals surface area contributed by atoms with Crippen molar-refractivity contribution in [2.75, 3.05) is 18.0 Å². The van der Waals surface area contributed by atoms with Crippen molar-refractivity contribution < 1.29 is 9.59 Å². The van der Waals surface area contributed by atoms with Crippen LogP contribution in [-0.2, 0) is 17.8 Å². The van der Waals surface area contributed by atoms with Crippen LogP contribution in [0.5, 0.6) is 0 Å². The number of aromatic nitrogens is 2. The number of nitrogens with zero attached hydrogens (tertiary/aromatic N) is 5. The van der Waals surface area contributed by atoms with E-state index >= 15 is 0 Å². The van der Waals surface area contributed by atoms with E-state index in [0.717, 1.165) is 29.0 Å². The molecule has 1 saturated heterocycles. The molecule has 4 rings (SSSR count). The van der Waals surface area contributed by atoms with E-state index in [1.807, 2.05) is 44.2 Å². The molecule has 7 nitrogen and oxygen atoms in total. The zero-order chi connectivity index (χ0) is 19.0. The molecule has 0 spiro atoms. The van der Waals surface area contributed by atoms with E-state index in [-0.39, 0.29) is 18.5 Å². The number of rotatable bonds is 6. The summed E-state index contributed by atoms with van der Waals surface area (Å²) in [5.74, 6) is -0.218. The van der Waals surface area contributed by atoms with Gasteiger partial charge in [0.15, 0.2) is 0 Å². The van der Waals surface area contributed by atoms with E-state index in [4.69, 9.17) is 0 Å². The topological polar surface area (TPSA) is 70.8 Å². The molecular weight excluding hydrogens is 342 g/mol. The zero-order valence-corrected chi connectivity index (χ0v) is 15.4. The van der Waals surface area contributed by atoms with E-state index in [9.17, 15) is 9.59 Å². The Bertz CT molecular complexity index is 958. The van der Waals surface area contributed by atoms with Gasteiger partial charge in [-0.1, -0.05) is 30.3 Å². The highest BCUT2D eigenvalue weighted by Crippen LogP contribution is 2.24. The first-order valence-electron chi connectivity index (χ1n) is 8.96. The Morgan fingerprint density at radius 2 is 1.89 bits per heavy atom. The quantitative estimate of drug-likeness (QED) is 0.741. The van der Waals surface area contributed by atoms with Crippen LogP contribution in [0.3, 0.4) is 0 Å². The van der Waals surface area contributed by atoms with Gasteiger partial charge in [0.05, 0.1) is 18.4 Å². The first-order valence-corrected chi connectivity index (χ1v) is 8.96. The number of hydrogen-bond acceptors (Lipinski definition) is 4. The molecule has 1 aromatic carbocycles. The molecule has 0 aliphatic carbocycles. The molecule has 0 unspecified atom stereocenters. The molecule has 27 heavy (non-hydrogen) atoms. The first kappa shape index (κ1) is 17.2. The molecular formula is C20H21N5O2. The molecule has 1 fully saturated rings. The third kappa shape index (κ3) is 3.28. The maximum Gasteiger partial charge on any atom is 0.331 e. The normalized spacial score (nSPS) is 16.9. The third-order valence-electron chi connectivity index (χ3n) is 4.96. The second-order valence-corrected chi connectivity index (χ2v) is 6.83. The summed E-state index contributed by atoms with van der Waals surface area (Å²) in [4.78, 5) is 32.2. The van der Waals surface area contributed by atoms with Gasteiger partial charge < -0.3 is 4.90 Å². The van der Waals surface area contributed by atoms with E-state index in [2.05, 4.69) is 10.1 Å². The Labute approximate surface area is 157 Å². The number of hydrogen-bond donors (Lipinski definition) is 0. The van der Waals surface area contributed by atoms with E-state index in [1.165, 1.54) is 4.90 Å². The fourth-order valence-corrected chi connectivity index (χ4v) is 3.43. The van der Waals surface area contributed by atoms with Crippen LogP contribution < -0.4 is 4.90 Å². The summed E-state index contributed by atoms with van der Waals surface area (Å²) < 4.78 is 1.74. The van der Waals surface area contributed by atoms with Crippen LogP contribution in [0.2, 0.25) is 0 Å². The fourth-order valence-electron chi connectivity index (χ4n) is 3.43. The Morgan fingerprint density at radius 3 is 2.59 bits per heavy atom. The van der Waals surface area contributed by atoms with Crippen LogP contribution in [0, 0.1) is 0 Å². The predicted octanol–water partition coefficient (Wildman–Crippen LogP) is 2.64. The van der Waals surface area contributed by atoms with Crippen LogP contribution in [0.25, 0.3) is 0 Å². The lowest BCUT2D eigenvalue weighted by molar-refractivity contribution is -0.116. The van der Waals surface area contributed by atoms with Gasteiger partial charge in [-0.15, -0.1) is 0 Å². The maximum atomic E-state index is 12.7. The number of imide groups is 1. The van der Waals surface area contributed by atoms with E-state index in [0.29, 0.717) is 18.8 Å². The van der Waals surface area contributed by atoms with Crippen molar-refractivity contribution in [3.63, 3.8) is 0 Å². The number of aliphatic imine (C=N–C) groups is 1. The summed E-state index contributed by atoms with van der Waals surface area (Å²) >= 11 is 0. The highest BCUT2D eigenvalue weighted by molar-refractivity contribution is 6.19. The molecule has 2 aliphatic heterocycles. The van der Waals surface area contributed by atoms with Crippen molar-refractivity contribution in [2.45, 2.75) is 26.8 Å². The monoisotopic (exact) mass is 363 g/mol. The largest absolute Gasteiger partial charge is 0.331 e. The molecule has 0 atom stereocenters. The molecule has 2 aromatic rings. The van der Waals surface area contributed by atoms with Gasteiger partial charge in [0.25, 0.3) is 5.91 Å². The molecule has 0 bridgehead atoms. The first-order chi connectivity index (χ1) is 13.0. The van der Waals surface area contributed by atoms with Gasteiger partial charge in [-0.2, -0.15) is 5.10 Å². The minimum Gasteiger partial charge on any atom is -0.314 e. The van der Waals surface area contributed by atoms with Crippen molar-refractivity contribution in [3.8, 4) is 0 Å². The minimum atomic E-state index is -0.285. The number of allylic oxidation sites excluding steroid dienone is 2. The van der Waals surface area contributed by atoms with Gasteiger partial charge in [-0.3, -0.25) is 14.5 Å². The van der Waals surface area contributed by atoms with Gasteiger partial charge in [-0.25, -0.2) is 9.69 Å². The second-order valence-electron chi connectivity index (χ2n) is 6.83. The van der Waals surface area contributed by atoms with Crippen molar-refractivity contribution in [2.24, 2.45) is 4.99 Å². The summed E-state index contributed by atoms with van der Waals surface area (Å²) in [6.07, 6.45) is 4.03. The van der Waals surface area contributed by atoms with E-state index < -0.39 is 0 Å². The van der Waals surface area contributed by atoms with Crippen LogP contribution in [-0.4, -0.2) is 45.4 Å². The van der Waals surface area contributed by atoms with Gasteiger partial charge >= 0.3 is 6.03 Å². The van der Waals surface area contributed by atoms with Crippen molar-refractivity contribution in [1.82, 2.24) is 14.7 Å². The highest BCUT2D eigenvalue weighted by atomic mass is 16.2. The molecule has 3 amide bonds. The summed E-state index contributed by atoms with van der Waals surface area (Å²) in [5, 5.41) is 4.30. The Kier molecular flexibility index (Phi) is 4.35. The SMILES string of the molecule is CC1=NC(C)=C1Cn1cc(N2C(=O)CN(CCc3ccccc3)C2=O)cn1. The third-order valence-corrected chi connectivity index (χ3v) is 4.96. The van der Waals surface area contributed by atoms with Crippen molar-refractivity contribution in [1.29, 1.82) is 0 Å². The van der Waals surface area contributed by atoms with Gasteiger partial charge in [0, 0.05) is 29.7 Å². The van der Waals surface area contributed by atoms with Crippen molar-refractivity contribution >= 4 is 23.3 Å².